The molecular weight excluding hydrogens is 272 g/mol. The Labute approximate surface area is 119 Å². The van der Waals surface area contributed by atoms with Gasteiger partial charge in [0.05, 0.1) is 10.6 Å². The number of nitrogens with zero attached hydrogens (tertiary/aromatic N) is 1. The largest absolute Gasteiger partial charge is 0.486 e. The number of aromatic nitrogens is 1. The molecule has 0 fully saturated rings. The molecule has 0 amide bonds. The highest BCUT2D eigenvalue weighted by molar-refractivity contribution is 7.22. The Bertz CT molecular complexity index is 798. The van der Waals surface area contributed by atoms with Crippen molar-refractivity contribution < 1.29 is 9.47 Å². The molecule has 100 valence electrons. The Kier molecular flexibility index (Phi) is 2.53. The number of nitrogen functional groups attached to an aromatic ring is 1. The van der Waals surface area contributed by atoms with Crippen molar-refractivity contribution in [3.05, 3.63) is 36.5 Å². The number of benzene rings is 1. The van der Waals surface area contributed by atoms with Gasteiger partial charge in [0.15, 0.2) is 11.5 Å². The first-order chi connectivity index (χ1) is 9.83. The first-order valence-corrected chi connectivity index (χ1v) is 7.17. The Balaban J connectivity index is 1.88. The number of nitrogens with two attached hydrogens (primary N) is 1. The lowest BCUT2D eigenvalue weighted by Gasteiger charge is -2.18. The fourth-order valence-electron chi connectivity index (χ4n) is 2.35. The van der Waals surface area contributed by atoms with Crippen molar-refractivity contribution >= 4 is 27.2 Å². The summed E-state index contributed by atoms with van der Waals surface area (Å²) in [6, 6.07) is 9.82. The molecule has 1 aliphatic rings. The topological polar surface area (TPSA) is 57.4 Å². The Morgan fingerprint density at radius 1 is 1.10 bits per heavy atom. The van der Waals surface area contributed by atoms with E-state index in [9.17, 15) is 0 Å². The highest BCUT2D eigenvalue weighted by Crippen LogP contribution is 2.42. The molecule has 20 heavy (non-hydrogen) atoms. The zero-order valence-electron chi connectivity index (χ0n) is 10.6. The van der Waals surface area contributed by atoms with Gasteiger partial charge in [-0.15, -0.1) is 11.3 Å². The van der Waals surface area contributed by atoms with Crippen LogP contribution in [0.2, 0.25) is 0 Å². The molecular formula is C15H12N2O2S. The van der Waals surface area contributed by atoms with E-state index in [0.29, 0.717) is 13.2 Å². The number of fused-ring (bicyclic) bond motifs is 2. The van der Waals surface area contributed by atoms with E-state index in [2.05, 4.69) is 4.98 Å². The van der Waals surface area contributed by atoms with Gasteiger partial charge in [-0.2, -0.15) is 0 Å². The Morgan fingerprint density at radius 2 is 1.95 bits per heavy atom. The summed E-state index contributed by atoms with van der Waals surface area (Å²) in [7, 11) is 0. The van der Waals surface area contributed by atoms with Crippen LogP contribution in [0.5, 0.6) is 11.5 Å². The maximum absolute atomic E-state index is 6.25. The summed E-state index contributed by atoms with van der Waals surface area (Å²) < 4.78 is 11.2. The van der Waals surface area contributed by atoms with Crippen LogP contribution >= 0.6 is 11.3 Å². The lowest BCUT2D eigenvalue weighted by atomic mass is 10.1. The maximum Gasteiger partial charge on any atom is 0.162 e. The molecule has 5 heteroatoms. The molecule has 1 aliphatic heterocycles. The van der Waals surface area contributed by atoms with Crippen LogP contribution in [-0.4, -0.2) is 18.2 Å². The van der Waals surface area contributed by atoms with E-state index >= 15 is 0 Å². The third kappa shape index (κ3) is 1.71. The average Bonchev–Trinajstić information content (AvgIpc) is 2.84. The Morgan fingerprint density at radius 3 is 2.80 bits per heavy atom. The number of hydrogen-bond acceptors (Lipinski definition) is 5. The van der Waals surface area contributed by atoms with Crippen LogP contribution in [0.3, 0.4) is 0 Å². The van der Waals surface area contributed by atoms with Gasteiger partial charge in [-0.25, -0.2) is 4.98 Å². The SMILES string of the molecule is Nc1c(-c2ccc3c(c2)OCCO3)sc2ncccc12. The summed E-state index contributed by atoms with van der Waals surface area (Å²) >= 11 is 1.60. The number of pyridine rings is 1. The second-order valence-electron chi connectivity index (χ2n) is 4.56. The van der Waals surface area contributed by atoms with Crippen molar-refractivity contribution in [3.63, 3.8) is 0 Å². The average molecular weight is 284 g/mol. The van der Waals surface area contributed by atoms with Crippen molar-refractivity contribution in [2.24, 2.45) is 0 Å². The first-order valence-electron chi connectivity index (χ1n) is 6.36. The molecule has 0 spiro atoms. The van der Waals surface area contributed by atoms with E-state index in [-0.39, 0.29) is 0 Å². The molecule has 3 heterocycles. The first kappa shape index (κ1) is 11.5. The van der Waals surface area contributed by atoms with E-state index < -0.39 is 0 Å². The molecule has 0 saturated carbocycles. The summed E-state index contributed by atoms with van der Waals surface area (Å²) in [4.78, 5) is 6.34. The van der Waals surface area contributed by atoms with Gasteiger partial charge < -0.3 is 15.2 Å². The second-order valence-corrected chi connectivity index (χ2v) is 5.56. The highest BCUT2D eigenvalue weighted by atomic mass is 32.1. The summed E-state index contributed by atoms with van der Waals surface area (Å²) in [5, 5.41) is 1.00. The summed E-state index contributed by atoms with van der Waals surface area (Å²) in [6.45, 7) is 1.18. The molecule has 0 unspecified atom stereocenters. The van der Waals surface area contributed by atoms with E-state index in [4.69, 9.17) is 15.2 Å². The lowest BCUT2D eigenvalue weighted by Crippen LogP contribution is -2.15. The monoisotopic (exact) mass is 284 g/mol. The van der Waals surface area contributed by atoms with Gasteiger partial charge in [0.2, 0.25) is 0 Å². The lowest BCUT2D eigenvalue weighted by molar-refractivity contribution is 0.171. The van der Waals surface area contributed by atoms with Crippen LogP contribution < -0.4 is 15.2 Å². The van der Waals surface area contributed by atoms with Gasteiger partial charge in [-0.1, -0.05) is 0 Å². The van der Waals surface area contributed by atoms with Gasteiger partial charge >= 0.3 is 0 Å². The van der Waals surface area contributed by atoms with Gasteiger partial charge in [0.1, 0.15) is 18.0 Å². The molecule has 2 N–H and O–H groups in total. The Hall–Kier alpha value is -2.27. The predicted molar refractivity (Wildman–Crippen MR) is 80.5 cm³/mol. The van der Waals surface area contributed by atoms with Crippen LogP contribution in [0.4, 0.5) is 5.69 Å². The molecule has 1 aromatic carbocycles. The quantitative estimate of drug-likeness (QED) is 0.744. The smallest absolute Gasteiger partial charge is 0.162 e. The number of hydrogen-bond donors (Lipinski definition) is 1. The van der Waals surface area contributed by atoms with E-state index in [1.807, 2.05) is 30.3 Å². The van der Waals surface area contributed by atoms with Crippen molar-refractivity contribution in [3.8, 4) is 21.9 Å². The van der Waals surface area contributed by atoms with E-state index in [1.54, 1.807) is 17.5 Å². The fourth-order valence-corrected chi connectivity index (χ4v) is 3.41. The third-order valence-corrected chi connectivity index (χ3v) is 4.49. The van der Waals surface area contributed by atoms with Crippen LogP contribution in [0.15, 0.2) is 36.5 Å². The van der Waals surface area contributed by atoms with Gasteiger partial charge in [-0.05, 0) is 35.9 Å². The summed E-state index contributed by atoms with van der Waals surface area (Å²) in [5.74, 6) is 1.57. The molecule has 2 aromatic heterocycles. The fraction of sp³-hybridized carbons (Fsp3) is 0.133. The third-order valence-electron chi connectivity index (χ3n) is 3.31. The highest BCUT2D eigenvalue weighted by Gasteiger charge is 2.16. The van der Waals surface area contributed by atoms with E-state index in [0.717, 1.165) is 37.8 Å². The number of ether oxygens (including phenoxy) is 2. The molecule has 0 radical (unpaired) electrons. The van der Waals surface area contributed by atoms with Gasteiger partial charge in [0.25, 0.3) is 0 Å². The van der Waals surface area contributed by atoms with Crippen LogP contribution in [0, 0.1) is 0 Å². The van der Waals surface area contributed by atoms with Gasteiger partial charge in [-0.3, -0.25) is 0 Å². The summed E-state index contributed by atoms with van der Waals surface area (Å²) in [6.07, 6.45) is 1.78. The molecule has 0 aliphatic carbocycles. The van der Waals surface area contributed by atoms with Crippen molar-refractivity contribution in [2.75, 3.05) is 18.9 Å². The number of rotatable bonds is 1. The minimum absolute atomic E-state index is 0.583. The van der Waals surface area contributed by atoms with Crippen LogP contribution in [-0.2, 0) is 0 Å². The van der Waals surface area contributed by atoms with Crippen molar-refractivity contribution in [1.82, 2.24) is 4.98 Å². The molecule has 0 atom stereocenters. The molecule has 0 bridgehead atoms. The zero-order chi connectivity index (χ0) is 13.5. The zero-order valence-corrected chi connectivity index (χ0v) is 11.4. The van der Waals surface area contributed by atoms with E-state index in [1.165, 1.54) is 0 Å². The second kappa shape index (κ2) is 4.38. The maximum atomic E-state index is 6.25. The van der Waals surface area contributed by atoms with Crippen molar-refractivity contribution in [1.29, 1.82) is 0 Å². The normalized spacial score (nSPS) is 13.6. The standard InChI is InChI=1S/C15H12N2O2S/c16-13-10-2-1-5-17-15(10)20-14(13)9-3-4-11-12(8-9)19-7-6-18-11/h1-5,8H,6-7,16H2. The minimum Gasteiger partial charge on any atom is -0.486 e. The summed E-state index contributed by atoms with van der Waals surface area (Å²) in [5.41, 5.74) is 8.06. The van der Waals surface area contributed by atoms with Crippen LogP contribution in [0.1, 0.15) is 0 Å². The molecule has 4 nitrogen and oxygen atoms in total. The molecule has 0 saturated heterocycles. The van der Waals surface area contributed by atoms with Crippen molar-refractivity contribution in [2.45, 2.75) is 0 Å². The van der Waals surface area contributed by atoms with Gasteiger partial charge in [0, 0.05) is 11.6 Å². The predicted octanol–water partition coefficient (Wildman–Crippen LogP) is 3.32. The minimum atomic E-state index is 0.583. The molecule has 4 rings (SSSR count). The number of thiophene rings is 1. The van der Waals surface area contributed by atoms with Crippen LogP contribution in [0.25, 0.3) is 20.7 Å². The molecule has 3 aromatic rings. The number of anilines is 1.